The van der Waals surface area contributed by atoms with Crippen LogP contribution >= 0.6 is 0 Å². The third-order valence-corrected chi connectivity index (χ3v) is 6.01. The first-order valence-electron chi connectivity index (χ1n) is 12.3. The molecule has 0 amide bonds. The van der Waals surface area contributed by atoms with Crippen LogP contribution in [0.15, 0.2) is 95.6 Å². The summed E-state index contributed by atoms with van der Waals surface area (Å²) in [5, 5.41) is 0. The van der Waals surface area contributed by atoms with E-state index < -0.39 is 23.3 Å². The van der Waals surface area contributed by atoms with Gasteiger partial charge in [0.15, 0.2) is 23.2 Å². The number of hydrogen-bond donors (Lipinski definition) is 0. The highest BCUT2D eigenvalue weighted by atomic mass is 19.2. The Morgan fingerprint density at radius 1 is 0.694 bits per heavy atom. The van der Waals surface area contributed by atoms with E-state index in [0.717, 1.165) is 12.8 Å². The summed E-state index contributed by atoms with van der Waals surface area (Å²) in [7, 11) is 0. The largest absolute Gasteiger partial charge is 0.491 e. The number of ether oxygens (including phenoxy) is 2. The lowest BCUT2D eigenvalue weighted by atomic mass is 9.88. The van der Waals surface area contributed by atoms with Gasteiger partial charge in [-0.2, -0.15) is 8.78 Å². The Balaban J connectivity index is 5.15. The SMILES string of the molecule is C=C(OCC)/C(F)=C(/F)C(=C)/C(C)=C/CC(C)C(C)C/C=C(\C)C(=C)/C(F)=C(/F)C(=C)OCCCC. The van der Waals surface area contributed by atoms with Crippen molar-refractivity contribution in [2.75, 3.05) is 13.2 Å². The zero-order valence-corrected chi connectivity index (χ0v) is 22.7. The van der Waals surface area contributed by atoms with Crippen molar-refractivity contribution in [1.29, 1.82) is 0 Å². The standard InChI is InChI=1S/C30H42F4O2/c1-11-13-18-36-26(10)30(34)28(32)24(8)22(6)17-15-20(4)19(3)14-16-21(5)23(7)27(31)29(33)25(9)35-12-2/h16-17,19-20H,7-15,18H2,1-6H3/b21-16+,22-17+,29-27-,30-28-. The van der Waals surface area contributed by atoms with Gasteiger partial charge >= 0.3 is 0 Å². The van der Waals surface area contributed by atoms with Gasteiger partial charge in [-0.25, -0.2) is 8.78 Å². The maximum atomic E-state index is 14.5. The fraction of sp³-hybridized carbons (Fsp3) is 0.467. The summed E-state index contributed by atoms with van der Waals surface area (Å²) in [4.78, 5) is 0. The van der Waals surface area contributed by atoms with Crippen LogP contribution in [-0.2, 0) is 9.47 Å². The van der Waals surface area contributed by atoms with E-state index in [-0.39, 0.29) is 47.7 Å². The normalized spacial score (nSPS) is 15.4. The molecule has 0 heterocycles. The van der Waals surface area contributed by atoms with E-state index in [0.29, 0.717) is 24.0 Å². The second-order valence-corrected chi connectivity index (χ2v) is 8.89. The maximum Gasteiger partial charge on any atom is 0.200 e. The topological polar surface area (TPSA) is 18.5 Å². The first-order valence-corrected chi connectivity index (χ1v) is 12.3. The third kappa shape index (κ3) is 10.9. The lowest BCUT2D eigenvalue weighted by Gasteiger charge is -2.18. The molecule has 0 N–H and O–H groups in total. The molecule has 2 nitrogen and oxygen atoms in total. The number of hydrogen-bond acceptors (Lipinski definition) is 2. The van der Waals surface area contributed by atoms with Crippen molar-refractivity contribution in [2.45, 2.75) is 67.2 Å². The molecule has 0 rings (SSSR count). The fourth-order valence-corrected chi connectivity index (χ4v) is 2.93. The predicted octanol–water partition coefficient (Wildman–Crippen LogP) is 10.2. The summed E-state index contributed by atoms with van der Waals surface area (Å²) in [6.45, 7) is 25.6. The zero-order valence-electron chi connectivity index (χ0n) is 22.7. The molecule has 0 aromatic rings. The van der Waals surface area contributed by atoms with Crippen molar-refractivity contribution in [3.8, 4) is 0 Å². The van der Waals surface area contributed by atoms with E-state index in [1.54, 1.807) is 26.8 Å². The number of rotatable bonds is 17. The van der Waals surface area contributed by atoms with Crippen LogP contribution in [0.2, 0.25) is 0 Å². The Morgan fingerprint density at radius 2 is 1.08 bits per heavy atom. The van der Waals surface area contributed by atoms with E-state index in [1.165, 1.54) is 0 Å². The summed E-state index contributed by atoms with van der Waals surface area (Å²) in [6.07, 6.45) is 6.39. The number of halogens is 4. The van der Waals surface area contributed by atoms with Gasteiger partial charge in [-0.1, -0.05) is 65.7 Å². The molecule has 2 atom stereocenters. The van der Waals surface area contributed by atoms with Gasteiger partial charge in [0.05, 0.1) is 13.2 Å². The van der Waals surface area contributed by atoms with Crippen LogP contribution in [0, 0.1) is 11.8 Å². The van der Waals surface area contributed by atoms with Crippen LogP contribution in [-0.4, -0.2) is 13.2 Å². The van der Waals surface area contributed by atoms with Crippen LogP contribution in [0.3, 0.4) is 0 Å². The van der Waals surface area contributed by atoms with E-state index in [1.807, 2.05) is 26.8 Å². The summed E-state index contributed by atoms with van der Waals surface area (Å²) in [5.41, 5.74) is 0.901. The van der Waals surface area contributed by atoms with E-state index >= 15 is 0 Å². The number of allylic oxidation sites excluding steroid dienone is 10. The molecule has 0 saturated carbocycles. The van der Waals surface area contributed by atoms with Crippen molar-refractivity contribution in [3.05, 3.63) is 95.6 Å². The minimum Gasteiger partial charge on any atom is -0.491 e. The Bertz CT molecular complexity index is 935. The molecule has 0 aliphatic heterocycles. The molecule has 202 valence electrons. The van der Waals surface area contributed by atoms with Crippen LogP contribution < -0.4 is 0 Å². The van der Waals surface area contributed by atoms with Gasteiger partial charge in [-0.05, 0) is 63.0 Å². The van der Waals surface area contributed by atoms with Gasteiger partial charge in [-0.15, -0.1) is 0 Å². The third-order valence-electron chi connectivity index (χ3n) is 6.01. The van der Waals surface area contributed by atoms with Crippen LogP contribution in [0.5, 0.6) is 0 Å². The predicted molar refractivity (Wildman–Crippen MR) is 143 cm³/mol. The first kappa shape index (κ1) is 33.2. The van der Waals surface area contributed by atoms with Crippen molar-refractivity contribution in [1.82, 2.24) is 0 Å². The Morgan fingerprint density at radius 3 is 1.44 bits per heavy atom. The minimum absolute atomic E-state index is 0.0578. The van der Waals surface area contributed by atoms with Gasteiger partial charge in [0.1, 0.15) is 0 Å². The molecule has 0 radical (unpaired) electrons. The van der Waals surface area contributed by atoms with Crippen LogP contribution in [0.1, 0.15) is 67.2 Å². The molecule has 6 heteroatoms. The lowest BCUT2D eigenvalue weighted by Crippen LogP contribution is -2.07. The van der Waals surface area contributed by atoms with Crippen molar-refractivity contribution in [2.24, 2.45) is 11.8 Å². The highest BCUT2D eigenvalue weighted by molar-refractivity contribution is 5.45. The minimum atomic E-state index is -1.16. The van der Waals surface area contributed by atoms with Gasteiger partial charge in [0.25, 0.3) is 0 Å². The van der Waals surface area contributed by atoms with E-state index in [2.05, 4.69) is 26.3 Å². The first-order chi connectivity index (χ1) is 16.8. The smallest absolute Gasteiger partial charge is 0.200 e. The second kappa shape index (κ2) is 16.8. The van der Waals surface area contributed by atoms with Gasteiger partial charge in [-0.3, -0.25) is 0 Å². The summed E-state index contributed by atoms with van der Waals surface area (Å²) in [5.74, 6) is -4.85. The Hall–Kier alpha value is -2.76. The molecule has 0 aliphatic rings. The quantitative estimate of drug-likeness (QED) is 0.0839. The molecule has 0 bridgehead atoms. The van der Waals surface area contributed by atoms with E-state index in [9.17, 15) is 17.6 Å². The summed E-state index contributed by atoms with van der Waals surface area (Å²) < 4.78 is 67.3. The monoisotopic (exact) mass is 510 g/mol. The molecule has 0 aromatic carbocycles. The van der Waals surface area contributed by atoms with Crippen molar-refractivity contribution in [3.63, 3.8) is 0 Å². The molecule has 0 spiro atoms. The average molecular weight is 511 g/mol. The molecular weight excluding hydrogens is 468 g/mol. The highest BCUT2D eigenvalue weighted by Crippen LogP contribution is 2.30. The Kier molecular flexibility index (Phi) is 15.5. The lowest BCUT2D eigenvalue weighted by molar-refractivity contribution is 0.203. The average Bonchev–Trinajstić information content (AvgIpc) is 2.87. The van der Waals surface area contributed by atoms with Gasteiger partial charge in [0.2, 0.25) is 11.7 Å². The molecule has 2 unspecified atom stereocenters. The van der Waals surface area contributed by atoms with Crippen LogP contribution in [0.25, 0.3) is 0 Å². The van der Waals surface area contributed by atoms with Crippen LogP contribution in [0.4, 0.5) is 17.6 Å². The van der Waals surface area contributed by atoms with Gasteiger partial charge in [0, 0.05) is 11.1 Å². The number of unbranched alkanes of at least 4 members (excludes halogenated alkanes) is 1. The second-order valence-electron chi connectivity index (χ2n) is 8.89. The molecule has 0 aromatic heterocycles. The molecule has 0 fully saturated rings. The molecular formula is C30H42F4O2. The fourth-order valence-electron chi connectivity index (χ4n) is 2.93. The Labute approximate surface area is 215 Å². The highest BCUT2D eigenvalue weighted by Gasteiger charge is 2.18. The maximum absolute atomic E-state index is 14.5. The summed E-state index contributed by atoms with van der Waals surface area (Å²) >= 11 is 0. The van der Waals surface area contributed by atoms with Crippen molar-refractivity contribution >= 4 is 0 Å². The summed E-state index contributed by atoms with van der Waals surface area (Å²) in [6, 6.07) is 0. The molecule has 36 heavy (non-hydrogen) atoms. The molecule has 0 saturated heterocycles. The zero-order chi connectivity index (χ0) is 28.0. The van der Waals surface area contributed by atoms with Gasteiger partial charge < -0.3 is 9.47 Å². The molecule has 0 aliphatic carbocycles. The van der Waals surface area contributed by atoms with E-state index in [4.69, 9.17) is 9.47 Å². The van der Waals surface area contributed by atoms with Crippen molar-refractivity contribution < 1.29 is 27.0 Å².